The molecule has 1 aliphatic carbocycles. The van der Waals surface area contributed by atoms with E-state index in [1.807, 2.05) is 0 Å². The molecule has 0 aromatic carbocycles. The zero-order chi connectivity index (χ0) is 18.0. The molecule has 0 atom stereocenters. The summed E-state index contributed by atoms with van der Waals surface area (Å²) in [5.41, 5.74) is 4.43. The molecule has 1 aliphatic heterocycles. The highest BCUT2D eigenvalue weighted by atomic mass is 16.5. The monoisotopic (exact) mass is 326 g/mol. The van der Waals surface area contributed by atoms with E-state index in [2.05, 4.69) is 15.2 Å². The number of methoxy groups -OCH3 is 2. The molecule has 2 N–H and O–H groups in total. The van der Waals surface area contributed by atoms with E-state index in [0.717, 1.165) is 19.3 Å². The quantitative estimate of drug-likeness (QED) is 0.461. The molecule has 2 rings (SSSR count). The van der Waals surface area contributed by atoms with E-state index in [-0.39, 0.29) is 18.0 Å². The normalized spacial score (nSPS) is 14.8. The molecule has 0 fully saturated rings. The Morgan fingerprint density at radius 2 is 1.30 bits per heavy atom. The highest BCUT2D eigenvalue weighted by Gasteiger charge is 2.30. The lowest BCUT2D eigenvalue weighted by molar-refractivity contribution is -0.134. The first-order valence-electron chi connectivity index (χ1n) is 5.94. The Morgan fingerprint density at radius 3 is 1.52 bits per heavy atom. The third-order valence-corrected chi connectivity index (χ3v) is 2.17. The van der Waals surface area contributed by atoms with E-state index in [1.54, 1.807) is 0 Å². The van der Waals surface area contributed by atoms with E-state index in [4.69, 9.17) is 0 Å². The topological polar surface area (TPSA) is 150 Å². The summed E-state index contributed by atoms with van der Waals surface area (Å²) in [7, 11) is 2.32. The lowest BCUT2D eigenvalue weighted by Gasteiger charge is -2.08. The Morgan fingerprint density at radius 1 is 0.913 bits per heavy atom. The third-order valence-electron chi connectivity index (χ3n) is 2.17. The number of imide groups is 3. The zero-order valence-corrected chi connectivity index (χ0v) is 12.3. The van der Waals surface area contributed by atoms with Gasteiger partial charge in [-0.05, 0) is 12.2 Å². The van der Waals surface area contributed by atoms with Gasteiger partial charge in [0, 0.05) is 12.2 Å². The molecule has 23 heavy (non-hydrogen) atoms. The summed E-state index contributed by atoms with van der Waals surface area (Å²) in [6, 6.07) is 0. The van der Waals surface area contributed by atoms with Crippen LogP contribution >= 0.6 is 0 Å². The van der Waals surface area contributed by atoms with Gasteiger partial charge in [0.05, 0.1) is 20.6 Å². The van der Waals surface area contributed by atoms with Crippen LogP contribution < -0.4 is 5.73 Å². The number of carbonyl (C=O) groups is 6. The fraction of sp³-hybridized carbons (Fsp3) is 0.231. The predicted octanol–water partition coefficient (Wildman–Crippen LogP) is -0.526. The van der Waals surface area contributed by atoms with Crippen LogP contribution in [0.1, 0.15) is 6.42 Å². The summed E-state index contributed by atoms with van der Waals surface area (Å²) in [5.74, 6) is -1.49. The number of carbonyl (C=O) groups excluding carboxylic acids is 6. The van der Waals surface area contributed by atoms with Gasteiger partial charge < -0.3 is 15.2 Å². The molecular formula is C13H14N2O8. The van der Waals surface area contributed by atoms with Gasteiger partial charge in [-0.25, -0.2) is 9.59 Å². The molecule has 2 aliphatic rings. The Balaban J connectivity index is 0.000000347. The van der Waals surface area contributed by atoms with Crippen molar-refractivity contribution in [2.75, 3.05) is 14.2 Å². The minimum absolute atomic E-state index is 0.0787. The maximum absolute atomic E-state index is 10.7. The Hall–Kier alpha value is -3.30. The maximum Gasteiger partial charge on any atom is 0.423 e. The molecule has 124 valence electrons. The number of hydrogen-bond donors (Lipinski definition) is 1. The number of ether oxygens (including phenoxy) is 2. The molecule has 0 aromatic rings. The van der Waals surface area contributed by atoms with Gasteiger partial charge in [-0.3, -0.25) is 19.2 Å². The number of allylic oxidation sites excluding steroid dienone is 2. The molecule has 0 saturated carbocycles. The molecular weight excluding hydrogens is 312 g/mol. The summed E-state index contributed by atoms with van der Waals surface area (Å²) >= 11 is 0. The second-order valence-electron chi connectivity index (χ2n) is 3.78. The Kier molecular flexibility index (Phi) is 8.22. The molecule has 10 nitrogen and oxygen atoms in total. The van der Waals surface area contributed by atoms with Crippen LogP contribution in [0.25, 0.3) is 0 Å². The van der Waals surface area contributed by atoms with Crippen molar-refractivity contribution in [1.82, 2.24) is 4.90 Å². The third kappa shape index (κ3) is 7.32. The van der Waals surface area contributed by atoms with E-state index in [9.17, 15) is 28.8 Å². The van der Waals surface area contributed by atoms with Gasteiger partial charge in [-0.15, -0.1) is 0 Å². The molecule has 1 heterocycles. The molecule has 0 radical (unpaired) electrons. The smallest absolute Gasteiger partial charge is 0.423 e. The van der Waals surface area contributed by atoms with E-state index >= 15 is 0 Å². The van der Waals surface area contributed by atoms with Gasteiger partial charge in [0.2, 0.25) is 0 Å². The SMILES string of the molecule is COC(=O)N1C(=O)C=CC1=O.COC(N)=O.O=C1C=CC(=O)C1. The number of nitrogens with zero attached hydrogens (tertiary/aromatic N) is 1. The van der Waals surface area contributed by atoms with Crippen molar-refractivity contribution in [2.45, 2.75) is 6.42 Å². The van der Waals surface area contributed by atoms with Crippen molar-refractivity contribution in [3.8, 4) is 0 Å². The first-order chi connectivity index (χ1) is 10.7. The van der Waals surface area contributed by atoms with Crippen LogP contribution in [0.3, 0.4) is 0 Å². The van der Waals surface area contributed by atoms with Crippen LogP contribution in [0.5, 0.6) is 0 Å². The molecule has 0 unspecified atom stereocenters. The van der Waals surface area contributed by atoms with Gasteiger partial charge in [0.15, 0.2) is 11.6 Å². The minimum Gasteiger partial charge on any atom is -0.453 e. The van der Waals surface area contributed by atoms with Crippen molar-refractivity contribution in [3.05, 3.63) is 24.3 Å². The molecule has 0 spiro atoms. The molecule has 10 heteroatoms. The van der Waals surface area contributed by atoms with Crippen LogP contribution in [-0.4, -0.2) is 54.7 Å². The van der Waals surface area contributed by atoms with Crippen LogP contribution in [0.15, 0.2) is 24.3 Å². The number of amides is 4. The van der Waals surface area contributed by atoms with E-state index in [0.29, 0.717) is 4.90 Å². The maximum atomic E-state index is 10.7. The van der Waals surface area contributed by atoms with Crippen molar-refractivity contribution in [1.29, 1.82) is 0 Å². The van der Waals surface area contributed by atoms with Crippen molar-refractivity contribution in [3.63, 3.8) is 0 Å². The first-order valence-corrected chi connectivity index (χ1v) is 5.94. The second kappa shape index (κ2) is 9.60. The highest BCUT2D eigenvalue weighted by molar-refractivity contribution is 6.21. The first kappa shape index (κ1) is 19.7. The van der Waals surface area contributed by atoms with Gasteiger partial charge in [-0.2, -0.15) is 4.90 Å². The Labute approximate surface area is 130 Å². The lowest BCUT2D eigenvalue weighted by atomic mass is 10.3. The summed E-state index contributed by atoms with van der Waals surface area (Å²) in [5, 5.41) is 0. The van der Waals surface area contributed by atoms with Crippen LogP contribution in [0.4, 0.5) is 9.59 Å². The number of ketones is 2. The van der Waals surface area contributed by atoms with Crippen molar-refractivity contribution in [2.24, 2.45) is 5.73 Å². The summed E-state index contributed by atoms with van der Waals surface area (Å²) < 4.78 is 8.07. The van der Waals surface area contributed by atoms with Gasteiger partial charge in [0.25, 0.3) is 11.8 Å². The van der Waals surface area contributed by atoms with E-state index < -0.39 is 24.0 Å². The predicted molar refractivity (Wildman–Crippen MR) is 73.8 cm³/mol. The molecule has 0 bridgehead atoms. The lowest BCUT2D eigenvalue weighted by Crippen LogP contribution is -2.35. The standard InChI is InChI=1S/C6H5NO4.C5H4O2.C2H5NO2/c1-11-6(10)7-4(8)2-3-5(7)9;6-4-1-2-5(7)3-4;1-5-2(3)4/h2-3H,1H3;1-2H,3H2;1H3,(H2,3,4). The number of primary amides is 1. The van der Waals surface area contributed by atoms with Crippen molar-refractivity contribution < 1.29 is 38.2 Å². The van der Waals surface area contributed by atoms with Crippen LogP contribution in [-0.2, 0) is 28.7 Å². The van der Waals surface area contributed by atoms with Gasteiger partial charge >= 0.3 is 12.2 Å². The average molecular weight is 326 g/mol. The second-order valence-corrected chi connectivity index (χ2v) is 3.78. The summed E-state index contributed by atoms with van der Waals surface area (Å²) in [4.78, 5) is 62.1. The van der Waals surface area contributed by atoms with Crippen LogP contribution in [0.2, 0.25) is 0 Å². The van der Waals surface area contributed by atoms with E-state index in [1.165, 1.54) is 19.3 Å². The highest BCUT2D eigenvalue weighted by Crippen LogP contribution is 2.04. The Bertz CT molecular complexity index is 557. The summed E-state index contributed by atoms with van der Waals surface area (Å²) in [6.07, 6.45) is 3.03. The fourth-order valence-electron chi connectivity index (χ4n) is 1.15. The molecule has 4 amide bonds. The van der Waals surface area contributed by atoms with Gasteiger partial charge in [0.1, 0.15) is 0 Å². The molecule has 0 aromatic heterocycles. The number of rotatable bonds is 0. The summed E-state index contributed by atoms with van der Waals surface area (Å²) in [6.45, 7) is 0. The zero-order valence-electron chi connectivity index (χ0n) is 12.3. The largest absolute Gasteiger partial charge is 0.453 e. The molecule has 0 saturated heterocycles. The van der Waals surface area contributed by atoms with Crippen molar-refractivity contribution >= 4 is 35.6 Å². The average Bonchev–Trinajstić information content (AvgIpc) is 3.04. The van der Waals surface area contributed by atoms with Crippen LogP contribution in [0, 0.1) is 0 Å². The minimum atomic E-state index is -0.954. The fourth-order valence-corrected chi connectivity index (χ4v) is 1.15. The number of hydrogen-bond acceptors (Lipinski definition) is 8. The van der Waals surface area contributed by atoms with Gasteiger partial charge in [-0.1, -0.05) is 0 Å². The number of nitrogens with two attached hydrogens (primary N) is 1.